The molecule has 0 bridgehead atoms. The minimum absolute atomic E-state index is 0.248. The van der Waals surface area contributed by atoms with Crippen molar-refractivity contribution < 1.29 is 28.7 Å². The van der Waals surface area contributed by atoms with E-state index < -0.39 is 0 Å². The van der Waals surface area contributed by atoms with E-state index in [1.807, 2.05) is 0 Å². The molecule has 6 heteroatoms. The maximum atomic E-state index is 11.7. The van der Waals surface area contributed by atoms with Crippen LogP contribution < -0.4 is 9.47 Å². The van der Waals surface area contributed by atoms with Gasteiger partial charge in [0.15, 0.2) is 0 Å². The van der Waals surface area contributed by atoms with E-state index in [0.29, 0.717) is 41.9 Å². The van der Waals surface area contributed by atoms with Gasteiger partial charge in [-0.15, -0.1) is 0 Å². The molecule has 0 spiro atoms. The molecular weight excluding hydrogens is 348 g/mol. The maximum Gasteiger partial charge on any atom is 0.311 e. The van der Waals surface area contributed by atoms with Gasteiger partial charge in [0.05, 0.1) is 0 Å². The van der Waals surface area contributed by atoms with Crippen molar-refractivity contribution in [3.8, 4) is 11.5 Å². The highest BCUT2D eigenvalue weighted by Crippen LogP contribution is 2.15. The molecule has 0 saturated carbocycles. The minimum Gasteiger partial charge on any atom is -0.427 e. The molecule has 2 rings (SSSR count). The Labute approximate surface area is 157 Å². The highest BCUT2D eigenvalue weighted by Gasteiger charge is 2.07. The van der Waals surface area contributed by atoms with E-state index in [1.54, 1.807) is 48.5 Å². The fraction of sp³-hybridized carbons (Fsp3) is 0.238. The molecule has 0 fully saturated rings. The van der Waals surface area contributed by atoms with Crippen molar-refractivity contribution in [2.24, 2.45) is 0 Å². The molecule has 0 radical (unpaired) electrons. The number of aldehydes is 2. The highest BCUT2D eigenvalue weighted by atomic mass is 16.5. The fourth-order valence-electron chi connectivity index (χ4n) is 2.31. The maximum absolute atomic E-state index is 11.7. The second-order valence-corrected chi connectivity index (χ2v) is 5.88. The average molecular weight is 368 g/mol. The fourth-order valence-corrected chi connectivity index (χ4v) is 2.31. The molecule has 0 aliphatic heterocycles. The number of ether oxygens (including phenoxy) is 2. The molecule has 0 atom stereocenters. The van der Waals surface area contributed by atoms with Crippen molar-refractivity contribution in [3.05, 3.63) is 59.7 Å². The number of hydrogen-bond acceptors (Lipinski definition) is 6. The number of esters is 2. The van der Waals surface area contributed by atoms with Crippen molar-refractivity contribution in [2.75, 3.05) is 0 Å². The summed E-state index contributed by atoms with van der Waals surface area (Å²) in [6.45, 7) is 0. The van der Waals surface area contributed by atoms with E-state index in [4.69, 9.17) is 9.47 Å². The van der Waals surface area contributed by atoms with E-state index in [9.17, 15) is 19.2 Å². The summed E-state index contributed by atoms with van der Waals surface area (Å²) in [5.74, 6) is 0.0861. The first-order chi connectivity index (χ1) is 13.1. The third-order valence-corrected chi connectivity index (χ3v) is 3.76. The number of carbonyl (C=O) groups is 4. The van der Waals surface area contributed by atoms with Gasteiger partial charge in [0, 0.05) is 24.0 Å². The van der Waals surface area contributed by atoms with Crippen LogP contribution >= 0.6 is 0 Å². The van der Waals surface area contributed by atoms with Crippen LogP contribution in [0.4, 0.5) is 0 Å². The standard InChI is InChI=1S/C21H20O6/c22-14-16-6-10-18(11-7-16)26-20(24)4-2-1-3-5-21(25)27-19-12-8-17(15-23)9-13-19/h6-15H,1-5H2. The van der Waals surface area contributed by atoms with Gasteiger partial charge in [-0.05, 0) is 61.4 Å². The number of unbranched alkanes of at least 4 members (excludes halogenated alkanes) is 2. The number of rotatable bonds is 10. The SMILES string of the molecule is O=Cc1ccc(OC(=O)CCCCCC(=O)Oc2ccc(C=O)cc2)cc1. The molecule has 0 aliphatic rings. The normalized spacial score (nSPS) is 10.1. The second-order valence-electron chi connectivity index (χ2n) is 5.88. The third-order valence-electron chi connectivity index (χ3n) is 3.76. The quantitative estimate of drug-likeness (QED) is 0.275. The molecule has 2 aromatic rings. The largest absolute Gasteiger partial charge is 0.427 e. The molecular formula is C21H20O6. The Kier molecular flexibility index (Phi) is 7.91. The van der Waals surface area contributed by atoms with Gasteiger partial charge in [0.25, 0.3) is 0 Å². The summed E-state index contributed by atoms with van der Waals surface area (Å²) in [6.07, 6.45) is 3.83. The number of benzene rings is 2. The van der Waals surface area contributed by atoms with Gasteiger partial charge >= 0.3 is 11.9 Å². The summed E-state index contributed by atoms with van der Waals surface area (Å²) in [6, 6.07) is 12.6. The van der Waals surface area contributed by atoms with E-state index in [0.717, 1.165) is 12.6 Å². The van der Waals surface area contributed by atoms with E-state index in [1.165, 1.54) is 0 Å². The molecule has 2 aromatic carbocycles. The molecule has 0 saturated heterocycles. The Morgan fingerprint density at radius 3 is 1.33 bits per heavy atom. The summed E-state index contributed by atoms with van der Waals surface area (Å²) < 4.78 is 10.3. The predicted molar refractivity (Wildman–Crippen MR) is 98.0 cm³/mol. The smallest absolute Gasteiger partial charge is 0.311 e. The first-order valence-electron chi connectivity index (χ1n) is 8.62. The van der Waals surface area contributed by atoms with Gasteiger partial charge in [0.2, 0.25) is 0 Å². The van der Waals surface area contributed by atoms with Crippen LogP contribution in [-0.2, 0) is 9.59 Å². The molecule has 140 valence electrons. The molecule has 0 unspecified atom stereocenters. The first-order valence-corrected chi connectivity index (χ1v) is 8.62. The third kappa shape index (κ3) is 7.23. The van der Waals surface area contributed by atoms with Crippen molar-refractivity contribution >= 4 is 24.5 Å². The first kappa shape index (κ1) is 20.0. The lowest BCUT2D eigenvalue weighted by Gasteiger charge is -2.05. The van der Waals surface area contributed by atoms with Crippen LogP contribution in [0.1, 0.15) is 52.8 Å². The number of hydrogen-bond donors (Lipinski definition) is 0. The van der Waals surface area contributed by atoms with E-state index in [-0.39, 0.29) is 24.8 Å². The Balaban J connectivity index is 1.59. The van der Waals surface area contributed by atoms with Crippen molar-refractivity contribution in [1.82, 2.24) is 0 Å². The Bertz CT molecular complexity index is 710. The van der Waals surface area contributed by atoms with Gasteiger partial charge < -0.3 is 9.47 Å². The summed E-state index contributed by atoms with van der Waals surface area (Å²) in [7, 11) is 0. The Morgan fingerprint density at radius 1 is 0.630 bits per heavy atom. The molecule has 27 heavy (non-hydrogen) atoms. The lowest BCUT2D eigenvalue weighted by atomic mass is 10.1. The average Bonchev–Trinajstić information content (AvgIpc) is 2.69. The summed E-state index contributed by atoms with van der Waals surface area (Å²) in [5, 5.41) is 0. The number of carbonyl (C=O) groups excluding carboxylic acids is 4. The Morgan fingerprint density at radius 2 is 1.00 bits per heavy atom. The molecule has 0 amide bonds. The summed E-state index contributed by atoms with van der Waals surface area (Å²) >= 11 is 0. The van der Waals surface area contributed by atoms with Crippen LogP contribution in [0.2, 0.25) is 0 Å². The molecule has 0 heterocycles. The van der Waals surface area contributed by atoms with Crippen LogP contribution in [0.5, 0.6) is 11.5 Å². The van der Waals surface area contributed by atoms with Crippen LogP contribution in [0.15, 0.2) is 48.5 Å². The summed E-state index contributed by atoms with van der Waals surface area (Å²) in [4.78, 5) is 44.6. The van der Waals surface area contributed by atoms with Crippen LogP contribution in [-0.4, -0.2) is 24.5 Å². The zero-order valence-corrected chi connectivity index (χ0v) is 14.8. The van der Waals surface area contributed by atoms with Crippen LogP contribution in [0.3, 0.4) is 0 Å². The van der Waals surface area contributed by atoms with Crippen molar-refractivity contribution in [2.45, 2.75) is 32.1 Å². The van der Waals surface area contributed by atoms with Gasteiger partial charge in [0.1, 0.15) is 24.1 Å². The van der Waals surface area contributed by atoms with Crippen molar-refractivity contribution in [1.29, 1.82) is 0 Å². The van der Waals surface area contributed by atoms with Crippen molar-refractivity contribution in [3.63, 3.8) is 0 Å². The zero-order valence-electron chi connectivity index (χ0n) is 14.8. The molecule has 0 aliphatic carbocycles. The summed E-state index contributed by atoms with van der Waals surface area (Å²) in [5.41, 5.74) is 1.03. The Hall–Kier alpha value is -3.28. The van der Waals surface area contributed by atoms with Crippen LogP contribution in [0, 0.1) is 0 Å². The monoisotopic (exact) mass is 368 g/mol. The lowest BCUT2D eigenvalue weighted by molar-refractivity contribution is -0.134. The van der Waals surface area contributed by atoms with E-state index in [2.05, 4.69) is 0 Å². The molecule has 6 nitrogen and oxygen atoms in total. The molecule has 0 aromatic heterocycles. The van der Waals surface area contributed by atoms with Gasteiger partial charge in [-0.3, -0.25) is 19.2 Å². The van der Waals surface area contributed by atoms with Crippen LogP contribution in [0.25, 0.3) is 0 Å². The van der Waals surface area contributed by atoms with Gasteiger partial charge in [-0.1, -0.05) is 6.42 Å². The lowest BCUT2D eigenvalue weighted by Crippen LogP contribution is -2.09. The van der Waals surface area contributed by atoms with Gasteiger partial charge in [-0.25, -0.2) is 0 Å². The topological polar surface area (TPSA) is 86.7 Å². The van der Waals surface area contributed by atoms with Gasteiger partial charge in [-0.2, -0.15) is 0 Å². The second kappa shape index (κ2) is 10.7. The minimum atomic E-state index is -0.355. The highest BCUT2D eigenvalue weighted by molar-refractivity contribution is 5.77. The zero-order chi connectivity index (χ0) is 19.5. The predicted octanol–water partition coefficient (Wildman–Crippen LogP) is 3.77. The molecule has 0 N–H and O–H groups in total. The van der Waals surface area contributed by atoms with E-state index >= 15 is 0 Å².